The highest BCUT2D eigenvalue weighted by Gasteiger charge is 2.17. The lowest BCUT2D eigenvalue weighted by atomic mass is 10.3. The maximum atomic E-state index is 12.1. The van der Waals surface area contributed by atoms with Crippen molar-refractivity contribution in [1.29, 1.82) is 0 Å². The van der Waals surface area contributed by atoms with Crippen molar-refractivity contribution in [3.63, 3.8) is 0 Å². The Hall–Kier alpha value is -1.01. The van der Waals surface area contributed by atoms with Gasteiger partial charge in [-0.25, -0.2) is 4.79 Å². The summed E-state index contributed by atoms with van der Waals surface area (Å²) in [6, 6.07) is 4.24. The van der Waals surface area contributed by atoms with Gasteiger partial charge in [-0.15, -0.1) is 0 Å². The summed E-state index contributed by atoms with van der Waals surface area (Å²) in [7, 11) is 1.24. The molecule has 1 aromatic rings. The first kappa shape index (κ1) is 15.0. The summed E-state index contributed by atoms with van der Waals surface area (Å²) in [5, 5.41) is 0.163. The Morgan fingerprint density at radius 2 is 2.11 bits per heavy atom. The first-order chi connectivity index (χ1) is 8.43. The predicted molar refractivity (Wildman–Crippen MR) is 65.4 cm³/mol. The molecule has 1 atom stereocenters. The van der Waals surface area contributed by atoms with E-state index in [0.717, 1.165) is 0 Å². The Bertz CT molecular complexity index is 429. The van der Waals surface area contributed by atoms with Crippen LogP contribution in [0, 0.1) is 0 Å². The van der Waals surface area contributed by atoms with Gasteiger partial charge in [-0.1, -0.05) is 23.4 Å². The second kappa shape index (κ2) is 6.80. The third-order valence-corrected chi connectivity index (χ3v) is 2.97. The Balaban J connectivity index is 2.76. The molecule has 18 heavy (non-hydrogen) atoms. The average Bonchev–Trinajstić information content (AvgIpc) is 2.30. The number of alkyl halides is 2. The van der Waals surface area contributed by atoms with E-state index in [0.29, 0.717) is 16.7 Å². The molecule has 7 heteroatoms. The van der Waals surface area contributed by atoms with Gasteiger partial charge in [-0.05, 0) is 25.1 Å². The van der Waals surface area contributed by atoms with E-state index in [1.165, 1.54) is 32.2 Å². The molecule has 0 saturated carbocycles. The number of methoxy groups -OCH3 is 1. The van der Waals surface area contributed by atoms with Crippen LogP contribution < -0.4 is 4.74 Å². The SMILES string of the molecule is COC(=O)C(C)Oc1ccc(SC(F)F)cc1Cl. The summed E-state index contributed by atoms with van der Waals surface area (Å²) < 4.78 is 34.0. The molecule has 0 N–H and O–H groups in total. The average molecular weight is 297 g/mol. The van der Waals surface area contributed by atoms with E-state index in [-0.39, 0.29) is 10.8 Å². The maximum absolute atomic E-state index is 12.1. The number of hydrogen-bond donors (Lipinski definition) is 0. The highest BCUT2D eigenvalue weighted by Crippen LogP contribution is 2.33. The molecule has 0 radical (unpaired) electrons. The van der Waals surface area contributed by atoms with Crippen LogP contribution in [0.4, 0.5) is 8.78 Å². The van der Waals surface area contributed by atoms with Gasteiger partial charge >= 0.3 is 5.97 Å². The molecule has 0 aliphatic heterocycles. The van der Waals surface area contributed by atoms with Crippen LogP contribution in [-0.4, -0.2) is 24.9 Å². The van der Waals surface area contributed by atoms with Gasteiger partial charge in [0.2, 0.25) is 0 Å². The number of halogens is 3. The van der Waals surface area contributed by atoms with Crippen molar-refractivity contribution < 1.29 is 23.0 Å². The van der Waals surface area contributed by atoms with Gasteiger partial charge < -0.3 is 9.47 Å². The molecule has 3 nitrogen and oxygen atoms in total. The van der Waals surface area contributed by atoms with E-state index in [1.807, 2.05) is 0 Å². The molecule has 0 bridgehead atoms. The van der Waals surface area contributed by atoms with Crippen molar-refractivity contribution in [2.45, 2.75) is 23.7 Å². The van der Waals surface area contributed by atoms with Gasteiger partial charge in [-0.3, -0.25) is 0 Å². The van der Waals surface area contributed by atoms with Crippen molar-refractivity contribution in [3.05, 3.63) is 23.2 Å². The molecular formula is C11H11ClF2O3S. The Morgan fingerprint density at radius 1 is 1.44 bits per heavy atom. The molecule has 100 valence electrons. The monoisotopic (exact) mass is 296 g/mol. The molecule has 0 aliphatic carbocycles. The Morgan fingerprint density at radius 3 is 2.61 bits per heavy atom. The zero-order valence-corrected chi connectivity index (χ0v) is 11.2. The number of hydrogen-bond acceptors (Lipinski definition) is 4. The number of carbonyl (C=O) groups excluding carboxylic acids is 1. The lowest BCUT2D eigenvalue weighted by molar-refractivity contribution is -0.147. The van der Waals surface area contributed by atoms with Crippen LogP contribution in [0.15, 0.2) is 23.1 Å². The van der Waals surface area contributed by atoms with Gasteiger partial charge in [0, 0.05) is 4.90 Å². The number of carbonyl (C=O) groups is 1. The number of esters is 1. The molecular weight excluding hydrogens is 286 g/mol. The number of thioether (sulfide) groups is 1. The summed E-state index contributed by atoms with van der Waals surface area (Å²) in [5.41, 5.74) is 0. The van der Waals surface area contributed by atoms with Crippen LogP contribution in [0.2, 0.25) is 5.02 Å². The first-order valence-electron chi connectivity index (χ1n) is 4.93. The van der Waals surface area contributed by atoms with Crippen LogP contribution in [0.5, 0.6) is 5.75 Å². The van der Waals surface area contributed by atoms with Crippen molar-refractivity contribution in [2.24, 2.45) is 0 Å². The lowest BCUT2D eigenvalue weighted by Crippen LogP contribution is -2.24. The molecule has 0 fully saturated rings. The van der Waals surface area contributed by atoms with Gasteiger partial charge in [0.05, 0.1) is 12.1 Å². The van der Waals surface area contributed by atoms with Crippen LogP contribution in [-0.2, 0) is 9.53 Å². The summed E-state index contributed by atoms with van der Waals surface area (Å²) in [6.45, 7) is 1.50. The fourth-order valence-corrected chi connectivity index (χ4v) is 1.99. The van der Waals surface area contributed by atoms with Gasteiger partial charge in [0.15, 0.2) is 6.10 Å². The topological polar surface area (TPSA) is 35.5 Å². The molecule has 0 spiro atoms. The minimum Gasteiger partial charge on any atom is -0.477 e. The van der Waals surface area contributed by atoms with Crippen molar-refractivity contribution in [2.75, 3.05) is 7.11 Å². The highest BCUT2D eigenvalue weighted by atomic mass is 35.5. The minimum absolute atomic E-state index is 0.163. The second-order valence-corrected chi connectivity index (χ2v) is 4.72. The molecule has 0 aromatic heterocycles. The summed E-state index contributed by atoms with van der Waals surface area (Å²) in [5.74, 6) is -2.81. The number of benzene rings is 1. The molecule has 0 aliphatic rings. The maximum Gasteiger partial charge on any atom is 0.346 e. The zero-order valence-electron chi connectivity index (χ0n) is 9.65. The van der Waals surface area contributed by atoms with Crippen LogP contribution in [0.1, 0.15) is 6.92 Å². The summed E-state index contributed by atoms with van der Waals surface area (Å²) >= 11 is 6.26. The van der Waals surface area contributed by atoms with Gasteiger partial charge in [-0.2, -0.15) is 8.78 Å². The van der Waals surface area contributed by atoms with E-state index in [2.05, 4.69) is 4.74 Å². The first-order valence-corrected chi connectivity index (χ1v) is 6.18. The van der Waals surface area contributed by atoms with Crippen LogP contribution >= 0.6 is 23.4 Å². The van der Waals surface area contributed by atoms with Crippen molar-refractivity contribution >= 4 is 29.3 Å². The second-order valence-electron chi connectivity index (χ2n) is 3.25. The largest absolute Gasteiger partial charge is 0.477 e. The third-order valence-electron chi connectivity index (χ3n) is 1.97. The van der Waals surface area contributed by atoms with E-state index in [9.17, 15) is 13.6 Å². The summed E-state index contributed by atoms with van der Waals surface area (Å²) in [6.07, 6.45) is -0.818. The van der Waals surface area contributed by atoms with Crippen LogP contribution in [0.3, 0.4) is 0 Å². The number of rotatable bonds is 5. The Labute approximate surface area is 112 Å². The van der Waals surface area contributed by atoms with Crippen molar-refractivity contribution in [1.82, 2.24) is 0 Å². The standard InChI is InChI=1S/C11H11ClF2O3S/c1-6(10(15)16-2)17-9-4-3-7(5-8(9)12)18-11(13)14/h3-6,11H,1-2H3. The lowest BCUT2D eigenvalue weighted by Gasteiger charge is -2.14. The molecule has 0 heterocycles. The fourth-order valence-electron chi connectivity index (χ4n) is 1.16. The normalized spacial score (nSPS) is 12.3. The third kappa shape index (κ3) is 4.34. The molecule has 0 saturated heterocycles. The van der Waals surface area contributed by atoms with Gasteiger partial charge in [0.1, 0.15) is 5.75 Å². The van der Waals surface area contributed by atoms with E-state index in [1.54, 1.807) is 0 Å². The van der Waals surface area contributed by atoms with Crippen LogP contribution in [0.25, 0.3) is 0 Å². The number of ether oxygens (including phenoxy) is 2. The molecule has 1 aromatic carbocycles. The minimum atomic E-state index is -2.51. The van der Waals surface area contributed by atoms with E-state index < -0.39 is 17.8 Å². The van der Waals surface area contributed by atoms with E-state index in [4.69, 9.17) is 16.3 Å². The van der Waals surface area contributed by atoms with E-state index >= 15 is 0 Å². The fraction of sp³-hybridized carbons (Fsp3) is 0.364. The Kier molecular flexibility index (Phi) is 5.68. The zero-order chi connectivity index (χ0) is 13.7. The summed E-state index contributed by atoms with van der Waals surface area (Å²) in [4.78, 5) is 11.5. The predicted octanol–water partition coefficient (Wildman–Crippen LogP) is 3.60. The molecule has 1 unspecified atom stereocenters. The van der Waals surface area contributed by atoms with Gasteiger partial charge in [0.25, 0.3) is 5.76 Å². The smallest absolute Gasteiger partial charge is 0.346 e. The quantitative estimate of drug-likeness (QED) is 0.614. The molecule has 0 amide bonds. The van der Waals surface area contributed by atoms with Crippen molar-refractivity contribution in [3.8, 4) is 5.75 Å². The molecule has 1 rings (SSSR count). The highest BCUT2D eigenvalue weighted by molar-refractivity contribution is 7.99.